The molecule has 4 heteroatoms. The average Bonchev–Trinajstić information content (AvgIpc) is 2.41. The maximum atomic E-state index is 13.8. The molecule has 0 aliphatic heterocycles. The van der Waals surface area contributed by atoms with Crippen molar-refractivity contribution in [3.63, 3.8) is 0 Å². The van der Waals surface area contributed by atoms with Crippen molar-refractivity contribution in [1.82, 2.24) is 0 Å². The Morgan fingerprint density at radius 3 is 2.44 bits per heavy atom. The Morgan fingerprint density at radius 1 is 1.11 bits per heavy atom. The fourth-order valence-electron chi connectivity index (χ4n) is 1.64. The molecule has 0 atom stereocenters. The standard InChI is InChI=1S/C14H11ClFNO/c1-17(12-9-5-8-11(15)13(12)16)14(18)10-6-3-2-4-7-10/h2-9H,1H3. The number of carbonyl (C=O) groups is 1. The van der Waals surface area contributed by atoms with E-state index in [1.807, 2.05) is 6.07 Å². The summed E-state index contributed by atoms with van der Waals surface area (Å²) < 4.78 is 13.8. The molecule has 0 N–H and O–H groups in total. The van der Waals surface area contributed by atoms with Crippen LogP contribution in [0.3, 0.4) is 0 Å². The van der Waals surface area contributed by atoms with E-state index in [4.69, 9.17) is 11.6 Å². The third kappa shape index (κ3) is 2.36. The summed E-state index contributed by atoms with van der Waals surface area (Å²) >= 11 is 5.70. The van der Waals surface area contributed by atoms with Crippen LogP contribution in [0.25, 0.3) is 0 Å². The Bertz CT molecular complexity index is 571. The molecular formula is C14H11ClFNO. The van der Waals surface area contributed by atoms with E-state index in [1.54, 1.807) is 30.3 Å². The highest BCUT2D eigenvalue weighted by Crippen LogP contribution is 2.25. The van der Waals surface area contributed by atoms with Crippen molar-refractivity contribution in [1.29, 1.82) is 0 Å². The summed E-state index contributed by atoms with van der Waals surface area (Å²) in [7, 11) is 1.52. The second kappa shape index (κ2) is 5.19. The van der Waals surface area contributed by atoms with E-state index < -0.39 is 5.82 Å². The number of hydrogen-bond donors (Lipinski definition) is 0. The first-order chi connectivity index (χ1) is 8.61. The summed E-state index contributed by atoms with van der Waals surface area (Å²) in [6.07, 6.45) is 0. The third-order valence-electron chi connectivity index (χ3n) is 2.62. The summed E-state index contributed by atoms with van der Waals surface area (Å²) in [5.74, 6) is -0.872. The zero-order valence-corrected chi connectivity index (χ0v) is 10.5. The molecule has 0 aliphatic rings. The minimum atomic E-state index is -0.592. The number of benzene rings is 2. The van der Waals surface area contributed by atoms with Gasteiger partial charge in [0.05, 0.1) is 10.7 Å². The molecule has 2 aromatic rings. The second-order valence-electron chi connectivity index (χ2n) is 3.80. The summed E-state index contributed by atoms with van der Waals surface area (Å²) in [5, 5.41) is 0.000196. The number of amides is 1. The van der Waals surface area contributed by atoms with Gasteiger partial charge in [0.1, 0.15) is 0 Å². The number of halogens is 2. The van der Waals surface area contributed by atoms with Gasteiger partial charge < -0.3 is 4.90 Å². The van der Waals surface area contributed by atoms with Gasteiger partial charge in [-0.05, 0) is 24.3 Å². The highest BCUT2D eigenvalue weighted by atomic mass is 35.5. The van der Waals surface area contributed by atoms with Gasteiger partial charge in [-0.25, -0.2) is 4.39 Å². The summed E-state index contributed by atoms with van der Waals surface area (Å²) in [5.41, 5.74) is 0.663. The van der Waals surface area contributed by atoms with Crippen molar-refractivity contribution < 1.29 is 9.18 Å². The number of hydrogen-bond acceptors (Lipinski definition) is 1. The zero-order chi connectivity index (χ0) is 13.1. The number of anilines is 1. The van der Waals surface area contributed by atoms with Crippen LogP contribution in [0.2, 0.25) is 5.02 Å². The van der Waals surface area contributed by atoms with E-state index in [0.717, 1.165) is 0 Å². The fourth-order valence-corrected chi connectivity index (χ4v) is 1.80. The van der Waals surface area contributed by atoms with Crippen molar-refractivity contribution in [2.45, 2.75) is 0 Å². The molecule has 0 saturated carbocycles. The van der Waals surface area contributed by atoms with Gasteiger partial charge in [-0.15, -0.1) is 0 Å². The highest BCUT2D eigenvalue weighted by molar-refractivity contribution is 6.31. The minimum absolute atomic E-state index is 0.000196. The Balaban J connectivity index is 2.35. The second-order valence-corrected chi connectivity index (χ2v) is 4.21. The smallest absolute Gasteiger partial charge is 0.258 e. The molecular weight excluding hydrogens is 253 g/mol. The average molecular weight is 264 g/mol. The van der Waals surface area contributed by atoms with Crippen molar-refractivity contribution in [2.24, 2.45) is 0 Å². The predicted octanol–water partition coefficient (Wildman–Crippen LogP) is 3.76. The summed E-state index contributed by atoms with van der Waals surface area (Å²) in [6.45, 7) is 0. The Morgan fingerprint density at radius 2 is 1.78 bits per heavy atom. The summed E-state index contributed by atoms with van der Waals surface area (Å²) in [6, 6.07) is 13.3. The van der Waals surface area contributed by atoms with Crippen LogP contribution >= 0.6 is 11.6 Å². The molecule has 1 amide bonds. The van der Waals surface area contributed by atoms with Gasteiger partial charge in [0.25, 0.3) is 5.91 Å². The van der Waals surface area contributed by atoms with Gasteiger partial charge in [-0.1, -0.05) is 35.9 Å². The molecule has 0 aromatic heterocycles. The van der Waals surface area contributed by atoms with E-state index in [9.17, 15) is 9.18 Å². The SMILES string of the molecule is CN(C(=O)c1ccccc1)c1cccc(Cl)c1F. The van der Waals surface area contributed by atoms with Gasteiger partial charge >= 0.3 is 0 Å². The van der Waals surface area contributed by atoms with Crippen LogP contribution in [0.15, 0.2) is 48.5 Å². The molecule has 0 heterocycles. The summed E-state index contributed by atoms with van der Waals surface area (Å²) in [4.78, 5) is 13.4. The molecule has 92 valence electrons. The van der Waals surface area contributed by atoms with E-state index in [0.29, 0.717) is 5.56 Å². The van der Waals surface area contributed by atoms with Crippen molar-refractivity contribution >= 4 is 23.2 Å². The molecule has 2 rings (SSSR count). The lowest BCUT2D eigenvalue weighted by Crippen LogP contribution is -2.27. The first kappa shape index (κ1) is 12.6. The number of rotatable bonds is 2. The normalized spacial score (nSPS) is 10.2. The zero-order valence-electron chi connectivity index (χ0n) is 9.73. The molecule has 0 radical (unpaired) electrons. The van der Waals surface area contributed by atoms with E-state index in [2.05, 4.69) is 0 Å². The fraction of sp³-hybridized carbons (Fsp3) is 0.0714. The van der Waals surface area contributed by atoms with Crippen molar-refractivity contribution in [3.8, 4) is 0 Å². The lowest BCUT2D eigenvalue weighted by atomic mass is 10.2. The van der Waals surface area contributed by atoms with Crippen LogP contribution in [0.5, 0.6) is 0 Å². The Hall–Kier alpha value is -1.87. The van der Waals surface area contributed by atoms with Crippen molar-refractivity contribution in [3.05, 3.63) is 64.9 Å². The van der Waals surface area contributed by atoms with Crippen LogP contribution in [0.4, 0.5) is 10.1 Å². The number of nitrogens with zero attached hydrogens (tertiary/aromatic N) is 1. The lowest BCUT2D eigenvalue weighted by Gasteiger charge is -2.18. The van der Waals surface area contributed by atoms with Crippen LogP contribution in [-0.4, -0.2) is 13.0 Å². The molecule has 2 aromatic carbocycles. The number of carbonyl (C=O) groups excluding carboxylic acids is 1. The van der Waals surface area contributed by atoms with Gasteiger partial charge in [-0.2, -0.15) is 0 Å². The Kier molecular flexibility index (Phi) is 3.63. The van der Waals surface area contributed by atoms with Crippen LogP contribution in [0.1, 0.15) is 10.4 Å². The van der Waals surface area contributed by atoms with E-state index in [1.165, 1.54) is 24.1 Å². The third-order valence-corrected chi connectivity index (χ3v) is 2.91. The van der Waals surface area contributed by atoms with Crippen molar-refractivity contribution in [2.75, 3.05) is 11.9 Å². The van der Waals surface area contributed by atoms with Crippen LogP contribution < -0.4 is 4.90 Å². The molecule has 0 bridgehead atoms. The molecule has 0 saturated heterocycles. The lowest BCUT2D eigenvalue weighted by molar-refractivity contribution is 0.0992. The molecule has 0 aliphatic carbocycles. The maximum absolute atomic E-state index is 13.8. The monoisotopic (exact) mass is 263 g/mol. The molecule has 0 fully saturated rings. The van der Waals surface area contributed by atoms with Gasteiger partial charge in [0.2, 0.25) is 0 Å². The molecule has 2 nitrogen and oxygen atoms in total. The largest absolute Gasteiger partial charge is 0.309 e. The quantitative estimate of drug-likeness (QED) is 0.808. The topological polar surface area (TPSA) is 20.3 Å². The molecule has 18 heavy (non-hydrogen) atoms. The molecule has 0 unspecified atom stereocenters. The molecule has 0 spiro atoms. The first-order valence-electron chi connectivity index (χ1n) is 5.38. The minimum Gasteiger partial charge on any atom is -0.309 e. The van der Waals surface area contributed by atoms with E-state index >= 15 is 0 Å². The van der Waals surface area contributed by atoms with Crippen LogP contribution in [0, 0.1) is 5.82 Å². The van der Waals surface area contributed by atoms with E-state index in [-0.39, 0.29) is 16.6 Å². The maximum Gasteiger partial charge on any atom is 0.258 e. The van der Waals surface area contributed by atoms with Gasteiger partial charge in [-0.3, -0.25) is 4.79 Å². The first-order valence-corrected chi connectivity index (χ1v) is 5.76. The Labute approximate surface area is 110 Å². The van der Waals surface area contributed by atoms with Gasteiger partial charge in [0.15, 0.2) is 5.82 Å². The van der Waals surface area contributed by atoms with Crippen LogP contribution in [-0.2, 0) is 0 Å². The predicted molar refractivity (Wildman–Crippen MR) is 70.6 cm³/mol. The highest BCUT2D eigenvalue weighted by Gasteiger charge is 2.17. The van der Waals surface area contributed by atoms with Gasteiger partial charge in [0, 0.05) is 12.6 Å².